The van der Waals surface area contributed by atoms with E-state index >= 15 is 0 Å². The van der Waals surface area contributed by atoms with Crippen molar-refractivity contribution in [1.29, 1.82) is 0 Å². The van der Waals surface area contributed by atoms with Crippen LogP contribution in [0, 0.1) is 0 Å². The van der Waals surface area contributed by atoms with Crippen LogP contribution in [0.3, 0.4) is 0 Å². The summed E-state index contributed by atoms with van der Waals surface area (Å²) in [6.07, 6.45) is -1.15. The predicted molar refractivity (Wildman–Crippen MR) is 87.4 cm³/mol. The van der Waals surface area contributed by atoms with Gasteiger partial charge in [-0.05, 0) is 39.0 Å². The smallest absolute Gasteiger partial charge is 0.338 e. The van der Waals surface area contributed by atoms with Crippen LogP contribution in [0.2, 0.25) is 0 Å². The van der Waals surface area contributed by atoms with E-state index in [4.69, 9.17) is 4.74 Å². The average Bonchev–Trinajstić information content (AvgIpc) is 2.45. The van der Waals surface area contributed by atoms with Crippen molar-refractivity contribution in [2.24, 2.45) is 0 Å². The molecule has 0 saturated carbocycles. The number of hydrogen-bond donors (Lipinski definition) is 3. The van der Waals surface area contributed by atoms with Crippen LogP contribution in [0.5, 0.6) is 0 Å². The second-order valence-corrected chi connectivity index (χ2v) is 5.43. The highest BCUT2D eigenvalue weighted by molar-refractivity contribution is 5.99. The van der Waals surface area contributed by atoms with E-state index in [2.05, 4.69) is 16.0 Å². The van der Waals surface area contributed by atoms with Crippen LogP contribution in [0.15, 0.2) is 24.3 Å². The summed E-state index contributed by atoms with van der Waals surface area (Å²) in [4.78, 5) is 46.3. The summed E-state index contributed by atoms with van der Waals surface area (Å²) in [6.45, 7) is 6.19. The van der Waals surface area contributed by atoms with Crippen LogP contribution in [-0.2, 0) is 14.3 Å². The highest BCUT2D eigenvalue weighted by Crippen LogP contribution is 2.12. The second kappa shape index (κ2) is 8.66. The van der Waals surface area contributed by atoms with Crippen LogP contribution in [0.1, 0.15) is 38.1 Å². The molecule has 0 saturated heterocycles. The Morgan fingerprint density at radius 2 is 1.75 bits per heavy atom. The number of rotatable bonds is 5. The van der Waals surface area contributed by atoms with E-state index in [0.717, 1.165) is 0 Å². The number of carbonyl (C=O) groups excluding carboxylic acids is 4. The molecule has 0 aromatic heterocycles. The molecule has 0 aliphatic rings. The minimum absolute atomic E-state index is 0.132. The first-order chi connectivity index (χ1) is 11.2. The maximum atomic E-state index is 12.0. The molecular weight excluding hydrogens is 314 g/mol. The SMILES string of the molecule is CC(=O)Nc1cccc(C(=O)O[C@H](C)C(=O)NC(=O)NC(C)C)c1. The molecule has 0 heterocycles. The van der Waals surface area contributed by atoms with E-state index in [1.807, 2.05) is 0 Å². The van der Waals surface area contributed by atoms with Crippen molar-refractivity contribution >= 4 is 29.5 Å². The summed E-state index contributed by atoms with van der Waals surface area (Å²) in [6, 6.07) is 5.31. The first kappa shape index (κ1) is 19.1. The van der Waals surface area contributed by atoms with Gasteiger partial charge in [-0.2, -0.15) is 0 Å². The van der Waals surface area contributed by atoms with Crippen molar-refractivity contribution in [3.8, 4) is 0 Å². The van der Waals surface area contributed by atoms with Crippen LogP contribution in [-0.4, -0.2) is 36.0 Å². The number of esters is 1. The molecule has 0 spiro atoms. The van der Waals surface area contributed by atoms with Crippen molar-refractivity contribution in [2.75, 3.05) is 5.32 Å². The summed E-state index contributed by atoms with van der Waals surface area (Å²) >= 11 is 0. The summed E-state index contributed by atoms with van der Waals surface area (Å²) in [7, 11) is 0. The number of nitrogens with one attached hydrogen (secondary N) is 3. The summed E-state index contributed by atoms with van der Waals surface area (Å²) in [5.41, 5.74) is 0.609. The molecule has 0 radical (unpaired) electrons. The molecule has 3 N–H and O–H groups in total. The van der Waals surface area contributed by atoms with E-state index in [1.165, 1.54) is 26.0 Å². The Morgan fingerprint density at radius 1 is 1.08 bits per heavy atom. The van der Waals surface area contributed by atoms with Gasteiger partial charge in [0.05, 0.1) is 5.56 Å². The van der Waals surface area contributed by atoms with E-state index in [1.54, 1.807) is 26.0 Å². The molecule has 24 heavy (non-hydrogen) atoms. The molecule has 1 rings (SSSR count). The monoisotopic (exact) mass is 335 g/mol. The summed E-state index contributed by atoms with van der Waals surface area (Å²) in [5.74, 6) is -1.75. The first-order valence-corrected chi connectivity index (χ1v) is 7.39. The van der Waals surface area contributed by atoms with Gasteiger partial charge in [0.25, 0.3) is 5.91 Å². The molecule has 0 aliphatic heterocycles. The lowest BCUT2D eigenvalue weighted by molar-refractivity contribution is -0.127. The predicted octanol–water partition coefficient (Wildman–Crippen LogP) is 1.42. The normalized spacial score (nSPS) is 11.4. The number of hydrogen-bond acceptors (Lipinski definition) is 5. The molecular formula is C16H21N3O5. The van der Waals surface area contributed by atoms with Gasteiger partial charge in [-0.1, -0.05) is 6.07 Å². The highest BCUT2D eigenvalue weighted by Gasteiger charge is 2.21. The zero-order chi connectivity index (χ0) is 18.3. The fourth-order valence-electron chi connectivity index (χ4n) is 1.72. The van der Waals surface area contributed by atoms with Gasteiger partial charge in [0, 0.05) is 18.7 Å². The number of amides is 4. The van der Waals surface area contributed by atoms with Gasteiger partial charge < -0.3 is 15.4 Å². The van der Waals surface area contributed by atoms with Crippen molar-refractivity contribution in [3.05, 3.63) is 29.8 Å². The van der Waals surface area contributed by atoms with Crippen molar-refractivity contribution in [3.63, 3.8) is 0 Å². The Kier molecular flexibility index (Phi) is 6.91. The zero-order valence-electron chi connectivity index (χ0n) is 14.0. The van der Waals surface area contributed by atoms with Crippen LogP contribution >= 0.6 is 0 Å². The van der Waals surface area contributed by atoms with Gasteiger partial charge in [-0.15, -0.1) is 0 Å². The van der Waals surface area contributed by atoms with E-state index < -0.39 is 24.0 Å². The number of imide groups is 1. The molecule has 1 aromatic carbocycles. The maximum Gasteiger partial charge on any atom is 0.338 e. The second-order valence-electron chi connectivity index (χ2n) is 5.43. The first-order valence-electron chi connectivity index (χ1n) is 7.39. The molecule has 1 atom stereocenters. The number of ether oxygens (including phenoxy) is 1. The highest BCUT2D eigenvalue weighted by atomic mass is 16.5. The third-order valence-corrected chi connectivity index (χ3v) is 2.73. The van der Waals surface area contributed by atoms with Gasteiger partial charge in [0.15, 0.2) is 6.10 Å². The molecule has 0 unspecified atom stereocenters. The quantitative estimate of drug-likeness (QED) is 0.704. The van der Waals surface area contributed by atoms with Crippen LogP contribution in [0.4, 0.5) is 10.5 Å². The van der Waals surface area contributed by atoms with Gasteiger partial charge in [-0.25, -0.2) is 9.59 Å². The summed E-state index contributed by atoms with van der Waals surface area (Å²) in [5, 5.41) is 7.11. The van der Waals surface area contributed by atoms with Crippen molar-refractivity contribution < 1.29 is 23.9 Å². The molecule has 0 fully saturated rings. The Labute approximate surface area is 139 Å². The van der Waals surface area contributed by atoms with Gasteiger partial charge >= 0.3 is 12.0 Å². The Bertz CT molecular complexity index is 642. The Morgan fingerprint density at radius 3 is 2.33 bits per heavy atom. The van der Waals surface area contributed by atoms with Crippen molar-refractivity contribution in [1.82, 2.24) is 10.6 Å². The lowest BCUT2D eigenvalue weighted by Gasteiger charge is -2.14. The number of carbonyl (C=O) groups is 4. The third-order valence-electron chi connectivity index (χ3n) is 2.73. The number of anilines is 1. The standard InChI is InChI=1S/C16H21N3O5/c1-9(2)17-16(23)19-14(21)10(3)24-15(22)12-6-5-7-13(8-12)18-11(4)20/h5-10H,1-4H3,(H,18,20)(H2,17,19,21,23)/t10-/m1/s1. The fourth-order valence-corrected chi connectivity index (χ4v) is 1.72. The lowest BCUT2D eigenvalue weighted by Crippen LogP contribution is -2.46. The summed E-state index contributed by atoms with van der Waals surface area (Å²) < 4.78 is 5.02. The topological polar surface area (TPSA) is 114 Å². The number of urea groups is 1. The Balaban J connectivity index is 2.64. The van der Waals surface area contributed by atoms with Gasteiger partial charge in [0.1, 0.15) is 0 Å². The van der Waals surface area contributed by atoms with E-state index in [-0.39, 0.29) is 17.5 Å². The largest absolute Gasteiger partial charge is 0.449 e. The molecule has 0 aliphatic carbocycles. The molecule has 1 aromatic rings. The molecule has 8 nitrogen and oxygen atoms in total. The lowest BCUT2D eigenvalue weighted by atomic mass is 10.2. The van der Waals surface area contributed by atoms with E-state index in [0.29, 0.717) is 5.69 Å². The molecule has 0 bridgehead atoms. The zero-order valence-corrected chi connectivity index (χ0v) is 14.0. The minimum atomic E-state index is -1.15. The van der Waals surface area contributed by atoms with Crippen LogP contribution < -0.4 is 16.0 Å². The van der Waals surface area contributed by atoms with Gasteiger partial charge in [-0.3, -0.25) is 14.9 Å². The van der Waals surface area contributed by atoms with E-state index in [9.17, 15) is 19.2 Å². The van der Waals surface area contributed by atoms with Crippen molar-refractivity contribution in [2.45, 2.75) is 39.8 Å². The Hall–Kier alpha value is -2.90. The third kappa shape index (κ3) is 6.47. The van der Waals surface area contributed by atoms with Crippen LogP contribution in [0.25, 0.3) is 0 Å². The molecule has 8 heteroatoms. The molecule has 130 valence electrons. The minimum Gasteiger partial charge on any atom is -0.449 e. The average molecular weight is 335 g/mol. The number of benzene rings is 1. The maximum absolute atomic E-state index is 12.0. The molecule has 4 amide bonds. The van der Waals surface area contributed by atoms with Gasteiger partial charge in [0.2, 0.25) is 5.91 Å². The fraction of sp³-hybridized carbons (Fsp3) is 0.375.